The summed E-state index contributed by atoms with van der Waals surface area (Å²) in [4.78, 5) is 30.0. The molecule has 136 valence electrons. The molecule has 0 spiro atoms. The number of imidazole rings is 1. The van der Waals surface area contributed by atoms with Gasteiger partial charge in [-0.25, -0.2) is 4.98 Å². The lowest BCUT2D eigenvalue weighted by atomic mass is 10.2. The van der Waals surface area contributed by atoms with E-state index in [4.69, 9.17) is 11.6 Å². The van der Waals surface area contributed by atoms with Crippen LogP contribution in [0.1, 0.15) is 30.8 Å². The van der Waals surface area contributed by atoms with Gasteiger partial charge in [-0.05, 0) is 31.0 Å². The van der Waals surface area contributed by atoms with Crippen molar-refractivity contribution in [2.45, 2.75) is 48.9 Å². The monoisotopic (exact) mass is 390 g/mol. The van der Waals surface area contributed by atoms with Gasteiger partial charge >= 0.3 is 0 Å². The van der Waals surface area contributed by atoms with Gasteiger partial charge in [0.2, 0.25) is 11.8 Å². The third kappa shape index (κ3) is 3.73. The molecule has 4 rings (SSSR count). The number of fused-ring (bicyclic) bond motifs is 2. The molecule has 6 nitrogen and oxygen atoms in total. The van der Waals surface area contributed by atoms with E-state index >= 15 is 0 Å². The zero-order chi connectivity index (χ0) is 18.1. The maximum absolute atomic E-state index is 12.3. The molecular weight excluding hydrogens is 372 g/mol. The standard InChI is InChI=1S/C18H19ClN4O2S/c19-11-4-5-14-13(7-11)22-18(25)15(26-14)8-17(24)20-9-12-10-23-6-2-1-3-16(23)21-12/h4-5,7,10,15H,1-3,6,8-9H2,(H,20,24)(H,22,25). The van der Waals surface area contributed by atoms with Crippen LogP contribution in [-0.4, -0.2) is 26.6 Å². The minimum atomic E-state index is -0.445. The Morgan fingerprint density at radius 2 is 2.31 bits per heavy atom. The summed E-state index contributed by atoms with van der Waals surface area (Å²) in [5.74, 6) is 0.774. The lowest BCUT2D eigenvalue weighted by Gasteiger charge is -2.23. The Labute approximate surface area is 160 Å². The Balaban J connectivity index is 1.34. The summed E-state index contributed by atoms with van der Waals surface area (Å²) in [5, 5.41) is 5.83. The summed E-state index contributed by atoms with van der Waals surface area (Å²) in [6, 6.07) is 5.36. The molecule has 0 radical (unpaired) electrons. The van der Waals surface area contributed by atoms with Crippen molar-refractivity contribution in [3.05, 3.63) is 40.9 Å². The molecule has 2 N–H and O–H groups in total. The van der Waals surface area contributed by atoms with E-state index in [0.717, 1.165) is 29.4 Å². The van der Waals surface area contributed by atoms with Gasteiger partial charge in [0.05, 0.1) is 23.2 Å². The van der Waals surface area contributed by atoms with Gasteiger partial charge in [0.25, 0.3) is 0 Å². The van der Waals surface area contributed by atoms with Crippen molar-refractivity contribution in [1.29, 1.82) is 0 Å². The predicted octanol–water partition coefficient (Wildman–Crippen LogP) is 2.99. The zero-order valence-corrected chi connectivity index (χ0v) is 15.7. The highest BCUT2D eigenvalue weighted by Crippen LogP contribution is 2.38. The minimum absolute atomic E-state index is 0.131. The number of aromatic nitrogens is 2. The average molecular weight is 391 g/mol. The summed E-state index contributed by atoms with van der Waals surface area (Å²) in [6.45, 7) is 1.39. The molecule has 0 aliphatic carbocycles. The van der Waals surface area contributed by atoms with Gasteiger partial charge < -0.3 is 15.2 Å². The van der Waals surface area contributed by atoms with E-state index in [0.29, 0.717) is 17.3 Å². The first kappa shape index (κ1) is 17.4. The number of anilines is 1. The maximum Gasteiger partial charge on any atom is 0.238 e. The van der Waals surface area contributed by atoms with Crippen LogP contribution in [0.3, 0.4) is 0 Å². The van der Waals surface area contributed by atoms with Crippen LogP contribution in [0.5, 0.6) is 0 Å². The molecule has 0 fully saturated rings. The number of aryl methyl sites for hydroxylation is 2. The van der Waals surface area contributed by atoms with Gasteiger partial charge in [-0.1, -0.05) is 11.6 Å². The number of rotatable bonds is 4. The molecule has 1 aromatic carbocycles. The van der Waals surface area contributed by atoms with Crippen molar-refractivity contribution >= 4 is 40.9 Å². The number of nitrogens with zero attached hydrogens (tertiary/aromatic N) is 2. The normalized spacial score (nSPS) is 18.7. The molecule has 26 heavy (non-hydrogen) atoms. The van der Waals surface area contributed by atoms with Crippen molar-refractivity contribution in [1.82, 2.24) is 14.9 Å². The van der Waals surface area contributed by atoms with Crippen LogP contribution >= 0.6 is 23.4 Å². The number of benzene rings is 1. The zero-order valence-electron chi connectivity index (χ0n) is 14.1. The lowest BCUT2D eigenvalue weighted by Crippen LogP contribution is -2.34. The van der Waals surface area contributed by atoms with Crippen LogP contribution in [-0.2, 0) is 29.1 Å². The number of halogens is 1. The summed E-state index contributed by atoms with van der Waals surface area (Å²) < 4.78 is 2.16. The highest BCUT2D eigenvalue weighted by atomic mass is 35.5. The number of nitrogens with one attached hydrogen (secondary N) is 2. The first-order valence-corrected chi connectivity index (χ1v) is 9.93. The summed E-state index contributed by atoms with van der Waals surface area (Å²) in [7, 11) is 0. The quantitative estimate of drug-likeness (QED) is 0.841. The van der Waals surface area contributed by atoms with Crippen molar-refractivity contribution in [2.75, 3.05) is 5.32 Å². The van der Waals surface area contributed by atoms with Gasteiger partial charge in [0, 0.05) is 35.5 Å². The number of hydrogen-bond acceptors (Lipinski definition) is 4. The highest BCUT2D eigenvalue weighted by molar-refractivity contribution is 8.01. The second-order valence-corrected chi connectivity index (χ2v) is 8.20. The van der Waals surface area contributed by atoms with E-state index in [1.165, 1.54) is 24.6 Å². The Kier molecular flexibility index (Phi) is 4.91. The van der Waals surface area contributed by atoms with Crippen LogP contribution in [0.25, 0.3) is 0 Å². The Morgan fingerprint density at radius 3 is 3.15 bits per heavy atom. The van der Waals surface area contributed by atoms with E-state index in [1.54, 1.807) is 12.1 Å². The number of amides is 2. The molecule has 1 unspecified atom stereocenters. The Bertz CT molecular complexity index is 843. The van der Waals surface area contributed by atoms with Gasteiger partial charge in [0.1, 0.15) is 5.82 Å². The molecule has 2 aliphatic heterocycles. The SMILES string of the molecule is O=C(CC1Sc2ccc(Cl)cc2NC1=O)NCc1cn2c(n1)CCCC2. The number of hydrogen-bond donors (Lipinski definition) is 2. The van der Waals surface area contributed by atoms with E-state index in [2.05, 4.69) is 20.2 Å². The molecule has 2 aromatic rings. The van der Waals surface area contributed by atoms with Gasteiger partial charge in [-0.3, -0.25) is 9.59 Å². The molecular formula is C18H19ClN4O2S. The van der Waals surface area contributed by atoms with Crippen LogP contribution in [0, 0.1) is 0 Å². The first-order chi connectivity index (χ1) is 12.6. The molecule has 2 aliphatic rings. The van der Waals surface area contributed by atoms with Crippen LogP contribution in [0.4, 0.5) is 5.69 Å². The average Bonchev–Trinajstić information content (AvgIpc) is 3.04. The van der Waals surface area contributed by atoms with Crippen molar-refractivity contribution in [2.24, 2.45) is 0 Å². The number of thioether (sulfide) groups is 1. The molecule has 0 saturated heterocycles. The Morgan fingerprint density at radius 1 is 1.42 bits per heavy atom. The minimum Gasteiger partial charge on any atom is -0.350 e. The van der Waals surface area contributed by atoms with E-state index in [1.807, 2.05) is 12.3 Å². The molecule has 1 atom stereocenters. The van der Waals surface area contributed by atoms with Crippen LogP contribution in [0.15, 0.2) is 29.3 Å². The predicted molar refractivity (Wildman–Crippen MR) is 101 cm³/mol. The van der Waals surface area contributed by atoms with Gasteiger partial charge in [0.15, 0.2) is 0 Å². The van der Waals surface area contributed by atoms with E-state index in [9.17, 15) is 9.59 Å². The summed E-state index contributed by atoms with van der Waals surface area (Å²) in [5.41, 5.74) is 1.57. The molecule has 0 bridgehead atoms. The second kappa shape index (κ2) is 7.32. The molecule has 8 heteroatoms. The van der Waals surface area contributed by atoms with Crippen molar-refractivity contribution in [3.63, 3.8) is 0 Å². The van der Waals surface area contributed by atoms with Crippen molar-refractivity contribution in [3.8, 4) is 0 Å². The smallest absolute Gasteiger partial charge is 0.238 e. The van der Waals surface area contributed by atoms with Gasteiger partial charge in [-0.2, -0.15) is 0 Å². The molecule has 2 amide bonds. The Hall–Kier alpha value is -1.99. The van der Waals surface area contributed by atoms with Crippen LogP contribution < -0.4 is 10.6 Å². The fraction of sp³-hybridized carbons (Fsp3) is 0.389. The third-order valence-electron chi connectivity index (χ3n) is 4.56. The van der Waals surface area contributed by atoms with Gasteiger partial charge in [-0.15, -0.1) is 11.8 Å². The lowest BCUT2D eigenvalue weighted by molar-refractivity contribution is -0.124. The number of carbonyl (C=O) groups excluding carboxylic acids is 2. The van der Waals surface area contributed by atoms with E-state index in [-0.39, 0.29) is 18.2 Å². The topological polar surface area (TPSA) is 76.0 Å². The first-order valence-electron chi connectivity index (χ1n) is 8.67. The fourth-order valence-corrected chi connectivity index (χ4v) is 4.51. The summed E-state index contributed by atoms with van der Waals surface area (Å²) in [6.07, 6.45) is 5.48. The molecule has 3 heterocycles. The second-order valence-electron chi connectivity index (χ2n) is 6.52. The van der Waals surface area contributed by atoms with E-state index < -0.39 is 5.25 Å². The molecule has 0 saturated carbocycles. The molecule has 1 aromatic heterocycles. The number of carbonyl (C=O) groups is 2. The third-order valence-corrected chi connectivity index (χ3v) is 6.07. The van der Waals surface area contributed by atoms with Crippen LogP contribution in [0.2, 0.25) is 5.02 Å². The summed E-state index contributed by atoms with van der Waals surface area (Å²) >= 11 is 7.34. The fourth-order valence-electron chi connectivity index (χ4n) is 3.24. The highest BCUT2D eigenvalue weighted by Gasteiger charge is 2.29. The van der Waals surface area contributed by atoms with Crippen molar-refractivity contribution < 1.29 is 9.59 Å². The maximum atomic E-state index is 12.3. The largest absolute Gasteiger partial charge is 0.350 e.